The number of aliphatic hydroxyl groups is 6. The topological polar surface area (TPSA) is 415 Å². The largest absolute Gasteiger partial charge is 0.508 e. The van der Waals surface area contributed by atoms with Gasteiger partial charge >= 0.3 is 23.9 Å². The number of aliphatic carboxylic acids is 3. The monoisotopic (exact) mass is 974 g/mol. The molecule has 1 aromatic heterocycles. The number of phenolic OH excluding ortho intramolecular Hbond substituents is 3. The molecule has 3 aliphatic rings. The van der Waals surface area contributed by atoms with Gasteiger partial charge in [0.1, 0.15) is 76.7 Å². The van der Waals surface area contributed by atoms with Crippen LogP contribution >= 0.6 is 0 Å². The lowest BCUT2D eigenvalue weighted by Crippen LogP contribution is -2.68. The van der Waals surface area contributed by atoms with Crippen LogP contribution in [0.2, 0.25) is 0 Å². The molecule has 0 spiro atoms. The molecule has 370 valence electrons. The number of aliphatic hydroxyl groups excluding tert-OH is 6. The Morgan fingerprint density at radius 3 is 1.84 bits per heavy atom. The zero-order valence-corrected chi connectivity index (χ0v) is 35.2. The van der Waals surface area contributed by atoms with E-state index in [-0.39, 0.29) is 39.5 Å². The number of phenols is 3. The van der Waals surface area contributed by atoms with Crippen LogP contribution < -0.4 is 14.9 Å². The number of esters is 1. The van der Waals surface area contributed by atoms with E-state index in [1.807, 2.05) is 0 Å². The number of ether oxygens (including phenoxy) is 8. The van der Waals surface area contributed by atoms with E-state index in [1.165, 1.54) is 49.6 Å². The predicted octanol–water partition coefficient (Wildman–Crippen LogP) is -2.05. The molecule has 0 amide bonds. The molecule has 3 aliphatic heterocycles. The summed E-state index contributed by atoms with van der Waals surface area (Å²) in [6.07, 6.45) is -33.5. The molecule has 69 heavy (non-hydrogen) atoms. The van der Waals surface area contributed by atoms with Crippen LogP contribution in [-0.2, 0) is 47.6 Å². The molecule has 0 radical (unpaired) electrons. The Labute approximate surface area is 385 Å². The number of benzene rings is 3. The minimum Gasteiger partial charge on any atom is -0.508 e. The van der Waals surface area contributed by atoms with Gasteiger partial charge in [0.15, 0.2) is 60.0 Å². The third-order valence-electron chi connectivity index (χ3n) is 11.0. The Morgan fingerprint density at radius 1 is 0.609 bits per heavy atom. The van der Waals surface area contributed by atoms with Crippen molar-refractivity contribution in [2.45, 2.75) is 92.1 Å². The van der Waals surface area contributed by atoms with Crippen molar-refractivity contribution in [2.75, 3.05) is 7.11 Å². The lowest BCUT2D eigenvalue weighted by atomic mass is 9.95. The average molecular weight is 975 g/mol. The number of aromatic hydroxyl groups is 3. The third-order valence-corrected chi connectivity index (χ3v) is 11.0. The van der Waals surface area contributed by atoms with Crippen LogP contribution in [0.5, 0.6) is 28.7 Å². The number of carboxylic acid groups (broad SMARTS) is 3. The molecule has 0 bridgehead atoms. The van der Waals surface area contributed by atoms with E-state index in [1.54, 1.807) is 0 Å². The van der Waals surface area contributed by atoms with Crippen LogP contribution in [0.15, 0.2) is 76.0 Å². The first kappa shape index (κ1) is 49.9. The van der Waals surface area contributed by atoms with E-state index in [2.05, 4.69) is 0 Å². The van der Waals surface area contributed by atoms with Crippen LogP contribution in [0.1, 0.15) is 5.56 Å². The van der Waals surface area contributed by atoms with E-state index in [0.29, 0.717) is 5.56 Å². The summed E-state index contributed by atoms with van der Waals surface area (Å²) in [5, 5.41) is 125. The lowest BCUT2D eigenvalue weighted by molar-refractivity contribution is -0.373. The summed E-state index contributed by atoms with van der Waals surface area (Å²) in [6.45, 7) is 0. The standard InChI is InChI=1S/C43H42O26/c1-61-22-10-14(2-8-18(22)45)3-9-24(48)64-37-32(65-41-30(53)26(49)27(50)33(66-41)38(55)56)31(54)35(40(59)60)68-43(37)69-36-29(52)28(51)34(39(57)58)67-42(36)62-17-11-19(46)25-20(47)13-21(63-23(25)12-17)15-4-6-16(44)7-5-15/h2-13,26-37,41-46,49-54H,1H3,(H,55,56)(H,57,58)(H,59,60)/t26-,27-,28-,29-,30+,31-,32-,33-,34-,35-,36+,37+,41+,42+,43-/m0/s1. The van der Waals surface area contributed by atoms with Crippen LogP contribution in [0, 0.1) is 0 Å². The molecule has 26 nitrogen and oxygen atoms in total. The second-order valence-corrected chi connectivity index (χ2v) is 15.6. The summed E-state index contributed by atoms with van der Waals surface area (Å²) in [4.78, 5) is 63.5. The maximum absolute atomic E-state index is 13.6. The molecular formula is C43H42O26. The first-order chi connectivity index (χ1) is 32.7. The van der Waals surface area contributed by atoms with E-state index in [4.69, 9.17) is 42.3 Å². The molecule has 7 rings (SSSR count). The van der Waals surface area contributed by atoms with Crippen molar-refractivity contribution in [1.82, 2.24) is 0 Å². The van der Waals surface area contributed by atoms with Crippen LogP contribution in [0.25, 0.3) is 28.4 Å². The van der Waals surface area contributed by atoms with Crippen molar-refractivity contribution in [3.63, 3.8) is 0 Å². The average Bonchev–Trinajstić information content (AvgIpc) is 3.29. The van der Waals surface area contributed by atoms with Crippen molar-refractivity contribution < 1.29 is 123 Å². The SMILES string of the molecule is COc1cc(C=CC(=O)O[C@H]2[C@H](O[C@H]3[C@H](Oc4cc(O)c5c(=O)cc(-c6ccc(O)cc6)oc5c4)O[C@H](C(=O)O)[C@@H](O)[C@@H]3O)O[C@H](C(=O)O)[C@@H](O)[C@@H]2O[C@@H]2O[C@H](C(=O)O)[C@@H](O)[C@H](O)[C@H]2O)ccc1O. The van der Waals surface area contributed by atoms with Gasteiger partial charge in [0.05, 0.1) is 7.11 Å². The summed E-state index contributed by atoms with van der Waals surface area (Å²) < 4.78 is 50.1. The van der Waals surface area contributed by atoms with Gasteiger partial charge in [0.25, 0.3) is 0 Å². The summed E-state index contributed by atoms with van der Waals surface area (Å²) in [6, 6.07) is 12.2. The summed E-state index contributed by atoms with van der Waals surface area (Å²) in [7, 11) is 1.24. The summed E-state index contributed by atoms with van der Waals surface area (Å²) in [5.41, 5.74) is -0.565. The normalized spacial score (nSPS) is 31.5. The fourth-order valence-corrected chi connectivity index (χ4v) is 7.52. The molecule has 3 fully saturated rings. The number of rotatable bonds is 14. The van der Waals surface area contributed by atoms with Gasteiger partial charge in [-0.25, -0.2) is 19.2 Å². The second kappa shape index (κ2) is 20.3. The minimum atomic E-state index is -2.49. The number of hydrogen-bond acceptors (Lipinski definition) is 23. The van der Waals surface area contributed by atoms with Crippen LogP contribution in [0.4, 0.5) is 0 Å². The number of carboxylic acids is 3. The van der Waals surface area contributed by atoms with Gasteiger partial charge in [-0.05, 0) is 48.0 Å². The number of carbonyl (C=O) groups is 4. The smallest absolute Gasteiger partial charge is 0.335 e. The highest BCUT2D eigenvalue weighted by Gasteiger charge is 2.58. The molecule has 3 saturated heterocycles. The van der Waals surface area contributed by atoms with Gasteiger partial charge in [-0.15, -0.1) is 0 Å². The maximum Gasteiger partial charge on any atom is 0.335 e. The first-order valence-electron chi connectivity index (χ1n) is 20.2. The quantitative estimate of drug-likeness (QED) is 0.0478. The molecule has 3 aromatic carbocycles. The predicted molar refractivity (Wildman–Crippen MR) is 220 cm³/mol. The fourth-order valence-electron chi connectivity index (χ4n) is 7.52. The Bertz CT molecular complexity index is 2650. The molecule has 0 aliphatic carbocycles. The van der Waals surface area contributed by atoms with Gasteiger partial charge in [-0.3, -0.25) is 4.79 Å². The van der Waals surface area contributed by atoms with Gasteiger partial charge < -0.3 is 104 Å². The molecule has 15 atom stereocenters. The molecule has 4 heterocycles. The number of methoxy groups -OCH3 is 1. The zero-order chi connectivity index (χ0) is 50.2. The highest BCUT2D eigenvalue weighted by atomic mass is 16.8. The minimum absolute atomic E-state index is 0.0198. The molecule has 4 aromatic rings. The van der Waals surface area contributed by atoms with Crippen molar-refractivity contribution in [2.24, 2.45) is 0 Å². The van der Waals surface area contributed by atoms with Crippen LogP contribution in [0.3, 0.4) is 0 Å². The number of hydrogen-bond donors (Lipinski definition) is 12. The molecular weight excluding hydrogens is 932 g/mol. The molecule has 0 unspecified atom stereocenters. The molecule has 12 N–H and O–H groups in total. The maximum atomic E-state index is 13.6. The van der Waals surface area contributed by atoms with E-state index in [9.17, 15) is 85.3 Å². The molecule has 26 heteroatoms. The van der Waals surface area contributed by atoms with Gasteiger partial charge in [-0.1, -0.05) is 6.07 Å². The Kier molecular flexibility index (Phi) is 14.7. The number of carbonyl (C=O) groups excluding carboxylic acids is 1. The van der Waals surface area contributed by atoms with Crippen molar-refractivity contribution >= 4 is 40.9 Å². The highest BCUT2D eigenvalue weighted by molar-refractivity contribution is 5.88. The van der Waals surface area contributed by atoms with E-state index in [0.717, 1.165) is 30.4 Å². The first-order valence-corrected chi connectivity index (χ1v) is 20.2. The van der Waals surface area contributed by atoms with Gasteiger partial charge in [-0.2, -0.15) is 0 Å². The van der Waals surface area contributed by atoms with Crippen molar-refractivity contribution in [1.29, 1.82) is 0 Å². The molecule has 0 saturated carbocycles. The summed E-state index contributed by atoms with van der Waals surface area (Å²) in [5.74, 6) is -8.79. The highest BCUT2D eigenvalue weighted by Crippen LogP contribution is 2.37. The fraction of sp³-hybridized carbons (Fsp3) is 0.372. The van der Waals surface area contributed by atoms with E-state index < -0.39 is 133 Å². The van der Waals surface area contributed by atoms with Crippen LogP contribution in [-0.4, -0.2) is 184 Å². The van der Waals surface area contributed by atoms with Gasteiger partial charge in [0, 0.05) is 29.8 Å². The van der Waals surface area contributed by atoms with Crippen molar-refractivity contribution in [3.05, 3.63) is 82.5 Å². The van der Waals surface area contributed by atoms with Gasteiger partial charge in [0.2, 0.25) is 6.29 Å². The summed E-state index contributed by atoms with van der Waals surface area (Å²) >= 11 is 0. The third kappa shape index (κ3) is 10.4. The Balaban J connectivity index is 1.28. The lowest BCUT2D eigenvalue weighted by Gasteiger charge is -2.47. The van der Waals surface area contributed by atoms with Crippen molar-refractivity contribution in [3.8, 4) is 40.1 Å². The number of fused-ring (bicyclic) bond motifs is 1. The Morgan fingerprint density at radius 2 is 1.20 bits per heavy atom. The second-order valence-electron chi connectivity index (χ2n) is 15.6. The van der Waals surface area contributed by atoms with E-state index >= 15 is 0 Å². The zero-order valence-electron chi connectivity index (χ0n) is 35.2. The Hall–Kier alpha value is -6.95.